The van der Waals surface area contributed by atoms with Gasteiger partial charge in [0, 0.05) is 5.02 Å². The Morgan fingerprint density at radius 2 is 2.07 bits per heavy atom. The normalized spacial score (nSPS) is 11.2. The van der Waals surface area contributed by atoms with Crippen LogP contribution in [-0.2, 0) is 4.79 Å². The average molecular weight is 229 g/mol. The lowest BCUT2D eigenvalue weighted by atomic mass is 9.86. The Morgan fingerprint density at radius 1 is 1.47 bits per heavy atom. The molecule has 0 aliphatic carbocycles. The second kappa shape index (κ2) is 4.11. The summed E-state index contributed by atoms with van der Waals surface area (Å²) in [6.07, 6.45) is 0.503. The van der Waals surface area contributed by atoms with E-state index in [9.17, 15) is 14.0 Å². The quantitative estimate of drug-likeness (QED) is 0.453. The molecular formula is C11H10ClFO2. The number of carbonyl (C=O) groups excluding carboxylic acids is 2. The lowest BCUT2D eigenvalue weighted by molar-refractivity contribution is -0.112. The molecule has 0 unspecified atom stereocenters. The van der Waals surface area contributed by atoms with Gasteiger partial charge in [0.2, 0.25) is 0 Å². The molecule has 0 bridgehead atoms. The molecular weight excluding hydrogens is 219 g/mol. The van der Waals surface area contributed by atoms with Gasteiger partial charge < -0.3 is 4.79 Å². The fourth-order valence-electron chi connectivity index (χ4n) is 1.07. The Labute approximate surface area is 92.0 Å². The minimum atomic E-state index is -1.21. The second-order valence-corrected chi connectivity index (χ2v) is 4.23. The Balaban J connectivity index is 3.18. The van der Waals surface area contributed by atoms with Crippen molar-refractivity contribution in [3.8, 4) is 0 Å². The molecule has 4 heteroatoms. The van der Waals surface area contributed by atoms with E-state index in [1.54, 1.807) is 0 Å². The van der Waals surface area contributed by atoms with Crippen LogP contribution in [-0.4, -0.2) is 12.1 Å². The van der Waals surface area contributed by atoms with Crippen LogP contribution in [0.4, 0.5) is 4.39 Å². The van der Waals surface area contributed by atoms with Crippen molar-refractivity contribution in [3.63, 3.8) is 0 Å². The molecule has 1 aromatic rings. The number of hydrogen-bond donors (Lipinski definition) is 0. The summed E-state index contributed by atoms with van der Waals surface area (Å²) in [4.78, 5) is 22.4. The number of ketones is 1. The van der Waals surface area contributed by atoms with Crippen molar-refractivity contribution in [2.24, 2.45) is 5.41 Å². The zero-order valence-corrected chi connectivity index (χ0v) is 9.14. The van der Waals surface area contributed by atoms with Gasteiger partial charge >= 0.3 is 0 Å². The highest BCUT2D eigenvalue weighted by molar-refractivity contribution is 6.30. The van der Waals surface area contributed by atoms with Crippen molar-refractivity contribution < 1.29 is 14.0 Å². The molecule has 0 fully saturated rings. The molecule has 0 radical (unpaired) electrons. The zero-order valence-electron chi connectivity index (χ0n) is 8.38. The van der Waals surface area contributed by atoms with E-state index < -0.39 is 17.0 Å². The van der Waals surface area contributed by atoms with Gasteiger partial charge in [-0.15, -0.1) is 0 Å². The first-order valence-corrected chi connectivity index (χ1v) is 4.72. The molecule has 0 aliphatic heterocycles. The zero-order chi connectivity index (χ0) is 11.6. The van der Waals surface area contributed by atoms with Gasteiger partial charge in [0.15, 0.2) is 5.78 Å². The molecule has 1 rings (SSSR count). The van der Waals surface area contributed by atoms with Crippen LogP contribution in [0.1, 0.15) is 24.2 Å². The van der Waals surface area contributed by atoms with Crippen LogP contribution < -0.4 is 0 Å². The third-order valence-corrected chi connectivity index (χ3v) is 2.29. The van der Waals surface area contributed by atoms with Gasteiger partial charge in [-0.05, 0) is 32.0 Å². The Bertz CT molecular complexity index is 413. The predicted molar refractivity (Wildman–Crippen MR) is 55.6 cm³/mol. The number of benzene rings is 1. The van der Waals surface area contributed by atoms with E-state index in [1.807, 2.05) is 0 Å². The first-order chi connectivity index (χ1) is 6.88. The van der Waals surface area contributed by atoms with Crippen LogP contribution in [0.25, 0.3) is 0 Å². The SMILES string of the molecule is CC(C)(C=O)C(=O)c1ccc(Cl)cc1F. The van der Waals surface area contributed by atoms with Gasteiger partial charge in [0.25, 0.3) is 0 Å². The average Bonchev–Trinajstić information content (AvgIpc) is 2.17. The smallest absolute Gasteiger partial charge is 0.178 e. The number of halogens is 2. The topological polar surface area (TPSA) is 34.1 Å². The van der Waals surface area contributed by atoms with Crippen molar-refractivity contribution in [2.45, 2.75) is 13.8 Å². The number of hydrogen-bond acceptors (Lipinski definition) is 2. The van der Waals surface area contributed by atoms with E-state index >= 15 is 0 Å². The fourth-order valence-corrected chi connectivity index (χ4v) is 1.23. The Hall–Kier alpha value is -1.22. The summed E-state index contributed by atoms with van der Waals surface area (Å²) in [6.45, 7) is 2.88. The number of rotatable bonds is 3. The minimum Gasteiger partial charge on any atom is -0.302 e. The van der Waals surface area contributed by atoms with Crippen molar-refractivity contribution in [1.29, 1.82) is 0 Å². The second-order valence-electron chi connectivity index (χ2n) is 3.79. The highest BCUT2D eigenvalue weighted by Gasteiger charge is 2.29. The van der Waals surface area contributed by atoms with Crippen molar-refractivity contribution in [2.75, 3.05) is 0 Å². The molecule has 0 aliphatic rings. The lowest BCUT2D eigenvalue weighted by Crippen LogP contribution is -2.26. The maximum absolute atomic E-state index is 13.3. The molecule has 80 valence electrons. The lowest BCUT2D eigenvalue weighted by Gasteiger charge is -2.15. The summed E-state index contributed by atoms with van der Waals surface area (Å²) < 4.78 is 13.3. The largest absolute Gasteiger partial charge is 0.302 e. The molecule has 0 N–H and O–H groups in total. The van der Waals surface area contributed by atoms with E-state index in [-0.39, 0.29) is 10.6 Å². The Morgan fingerprint density at radius 3 is 2.53 bits per heavy atom. The standard InChI is InChI=1S/C11H10ClFO2/c1-11(2,6-14)10(15)8-4-3-7(12)5-9(8)13/h3-6H,1-2H3. The van der Waals surface area contributed by atoms with E-state index in [1.165, 1.54) is 26.0 Å². The van der Waals surface area contributed by atoms with Crippen LogP contribution in [0, 0.1) is 11.2 Å². The molecule has 0 aromatic heterocycles. The molecule has 0 saturated heterocycles. The van der Waals surface area contributed by atoms with Gasteiger partial charge in [0.05, 0.1) is 11.0 Å². The summed E-state index contributed by atoms with van der Waals surface area (Å²) in [5.41, 5.74) is -1.33. The molecule has 2 nitrogen and oxygen atoms in total. The number of aldehydes is 1. The maximum atomic E-state index is 13.3. The summed E-state index contributed by atoms with van der Waals surface area (Å²) in [5, 5.41) is 0.216. The summed E-state index contributed by atoms with van der Waals surface area (Å²) in [6, 6.07) is 3.75. The summed E-state index contributed by atoms with van der Waals surface area (Å²) in [5.74, 6) is -1.26. The minimum absolute atomic E-state index is 0.114. The predicted octanol–water partition coefficient (Wildman–Crippen LogP) is 2.89. The Kier molecular flexibility index (Phi) is 3.25. The molecule has 0 amide bonds. The molecule has 1 aromatic carbocycles. The summed E-state index contributed by atoms with van der Waals surface area (Å²) in [7, 11) is 0. The monoisotopic (exact) mass is 228 g/mol. The van der Waals surface area contributed by atoms with E-state index in [4.69, 9.17) is 11.6 Å². The van der Waals surface area contributed by atoms with Gasteiger partial charge in [-0.3, -0.25) is 4.79 Å². The van der Waals surface area contributed by atoms with Gasteiger partial charge in [-0.25, -0.2) is 4.39 Å². The molecule has 15 heavy (non-hydrogen) atoms. The van der Waals surface area contributed by atoms with E-state index in [0.29, 0.717) is 6.29 Å². The summed E-state index contributed by atoms with van der Waals surface area (Å²) >= 11 is 5.55. The molecule has 0 atom stereocenters. The van der Waals surface area contributed by atoms with Crippen LogP contribution in [0.3, 0.4) is 0 Å². The van der Waals surface area contributed by atoms with E-state index in [0.717, 1.165) is 6.07 Å². The first-order valence-electron chi connectivity index (χ1n) is 4.34. The van der Waals surface area contributed by atoms with Crippen molar-refractivity contribution in [1.82, 2.24) is 0 Å². The first kappa shape index (κ1) is 11.9. The third-order valence-electron chi connectivity index (χ3n) is 2.06. The highest BCUT2D eigenvalue weighted by atomic mass is 35.5. The molecule has 0 spiro atoms. The molecule has 0 heterocycles. The van der Waals surface area contributed by atoms with Gasteiger partial charge in [-0.1, -0.05) is 11.6 Å². The van der Waals surface area contributed by atoms with Crippen LogP contribution in [0.15, 0.2) is 18.2 Å². The number of carbonyl (C=O) groups is 2. The van der Waals surface area contributed by atoms with Gasteiger partial charge in [-0.2, -0.15) is 0 Å². The van der Waals surface area contributed by atoms with Crippen LogP contribution >= 0.6 is 11.6 Å². The van der Waals surface area contributed by atoms with Crippen molar-refractivity contribution in [3.05, 3.63) is 34.6 Å². The van der Waals surface area contributed by atoms with Crippen LogP contribution in [0.5, 0.6) is 0 Å². The van der Waals surface area contributed by atoms with Gasteiger partial charge in [0.1, 0.15) is 12.1 Å². The molecule has 0 saturated carbocycles. The van der Waals surface area contributed by atoms with Crippen molar-refractivity contribution >= 4 is 23.7 Å². The van der Waals surface area contributed by atoms with Crippen LogP contribution in [0.2, 0.25) is 5.02 Å². The number of Topliss-reactive ketones (excluding diaryl/α,β-unsaturated/α-hetero) is 1. The third kappa shape index (κ3) is 2.42. The maximum Gasteiger partial charge on any atom is 0.178 e. The fraction of sp³-hybridized carbons (Fsp3) is 0.273. The van der Waals surface area contributed by atoms with E-state index in [2.05, 4.69) is 0 Å². The highest BCUT2D eigenvalue weighted by Crippen LogP contribution is 2.23.